The van der Waals surface area contributed by atoms with Crippen LogP contribution in [0.5, 0.6) is 0 Å². The van der Waals surface area contributed by atoms with Gasteiger partial charge in [0.2, 0.25) is 17.7 Å². The van der Waals surface area contributed by atoms with Crippen molar-refractivity contribution in [1.82, 2.24) is 15.5 Å². The first-order valence-electron chi connectivity index (χ1n) is 22.4. The highest BCUT2D eigenvalue weighted by atomic mass is 16.5. The van der Waals surface area contributed by atoms with Crippen LogP contribution in [0.4, 0.5) is 0 Å². The van der Waals surface area contributed by atoms with Gasteiger partial charge in [0, 0.05) is 19.4 Å². The zero-order valence-corrected chi connectivity index (χ0v) is 35.1. The van der Waals surface area contributed by atoms with Gasteiger partial charge in [-0.1, -0.05) is 162 Å². The van der Waals surface area contributed by atoms with E-state index in [4.69, 9.17) is 9.84 Å². The van der Waals surface area contributed by atoms with Crippen molar-refractivity contribution >= 4 is 23.7 Å². The summed E-state index contributed by atoms with van der Waals surface area (Å²) < 4.78 is 6.06. The van der Waals surface area contributed by atoms with E-state index >= 15 is 0 Å². The van der Waals surface area contributed by atoms with E-state index in [2.05, 4.69) is 24.5 Å². The van der Waals surface area contributed by atoms with Crippen LogP contribution in [0.3, 0.4) is 0 Å². The van der Waals surface area contributed by atoms with Gasteiger partial charge in [0.1, 0.15) is 30.4 Å². The second-order valence-corrected chi connectivity index (χ2v) is 15.9. The van der Waals surface area contributed by atoms with Crippen LogP contribution in [-0.2, 0) is 23.9 Å². The minimum absolute atomic E-state index is 0.221. The van der Waals surface area contributed by atoms with Gasteiger partial charge in [0.25, 0.3) is 0 Å². The second-order valence-electron chi connectivity index (χ2n) is 15.9. The van der Waals surface area contributed by atoms with Crippen molar-refractivity contribution in [3.63, 3.8) is 0 Å². The fourth-order valence-corrected chi connectivity index (χ4v) is 7.42. The Morgan fingerprint density at radius 3 is 1.48 bits per heavy atom. The van der Waals surface area contributed by atoms with Crippen LogP contribution in [0.2, 0.25) is 0 Å². The molecule has 1 saturated heterocycles. The summed E-state index contributed by atoms with van der Waals surface area (Å²) in [6, 6.07) is -2.83. The minimum atomic E-state index is -1.65. The fourth-order valence-electron chi connectivity index (χ4n) is 7.42. The van der Waals surface area contributed by atoms with Gasteiger partial charge in [-0.25, -0.2) is 0 Å². The van der Waals surface area contributed by atoms with Crippen LogP contribution >= 0.6 is 0 Å². The molecular weight excluding hydrogens is 718 g/mol. The molecule has 1 rings (SSSR count). The maximum Gasteiger partial charge on any atom is 0.303 e. The topological polar surface area (TPSA) is 206 Å². The Hall–Kier alpha value is -2.32. The molecule has 1 heterocycles. The van der Waals surface area contributed by atoms with Crippen LogP contribution in [0, 0.1) is 0 Å². The zero-order chi connectivity index (χ0) is 41.4. The van der Waals surface area contributed by atoms with E-state index in [9.17, 15) is 39.6 Å². The largest absolute Gasteiger partial charge is 0.481 e. The molecule has 0 radical (unpaired) electrons. The number of carboxylic acids is 1. The third-order valence-electron chi connectivity index (χ3n) is 11.0. The molecule has 1 aliphatic heterocycles. The zero-order valence-electron chi connectivity index (χ0n) is 35.1. The normalized spacial score (nSPS) is 20.1. The molecule has 13 nitrogen and oxygen atoms in total. The molecule has 0 aromatic carbocycles. The lowest BCUT2D eigenvalue weighted by Crippen LogP contribution is -2.70. The molecule has 0 saturated carbocycles. The Morgan fingerprint density at radius 2 is 1.05 bits per heavy atom. The van der Waals surface area contributed by atoms with E-state index in [0.717, 1.165) is 44.9 Å². The number of aliphatic hydroxyl groups is 4. The molecule has 0 aromatic heterocycles. The van der Waals surface area contributed by atoms with Crippen molar-refractivity contribution in [2.75, 3.05) is 19.8 Å². The number of carbonyl (C=O) groups excluding carboxylic acids is 3. The molecule has 0 spiro atoms. The Morgan fingerprint density at radius 1 is 0.607 bits per heavy atom. The summed E-state index contributed by atoms with van der Waals surface area (Å²) in [6.07, 6.45) is 22.7. The molecule has 0 aromatic rings. The standard InChI is InChI=1S/C43H81N3O10/c1-3-5-7-9-11-13-15-16-17-18-19-20-22-24-26-28-37(50)46(31-27-25-23-21-14-12-10-8-6-4-2)43-39(41(54)40(53)35(33-48)56-43)45-42(55)34(32-47)44-36(49)29-30-38(51)52/h34-35,39-41,43,47-48,53-54H,3-33H2,1-2H3,(H,44,49)(H,45,55)(H,51,52)/t34-,35+,39-,40+,41+,43+/m0/s1. The fraction of sp³-hybridized carbons (Fsp3) is 0.907. The number of ether oxygens (including phenoxy) is 1. The monoisotopic (exact) mass is 800 g/mol. The van der Waals surface area contributed by atoms with E-state index in [1.54, 1.807) is 0 Å². The summed E-state index contributed by atoms with van der Waals surface area (Å²) >= 11 is 0. The molecule has 0 bridgehead atoms. The van der Waals surface area contributed by atoms with Gasteiger partial charge in [0.05, 0.1) is 19.6 Å². The van der Waals surface area contributed by atoms with Crippen LogP contribution in [0.1, 0.15) is 194 Å². The maximum absolute atomic E-state index is 13.9. The smallest absolute Gasteiger partial charge is 0.303 e. The van der Waals surface area contributed by atoms with Gasteiger partial charge < -0.3 is 45.8 Å². The number of aliphatic carboxylic acids is 1. The predicted octanol–water partition coefficient (Wildman–Crippen LogP) is 6.26. The summed E-state index contributed by atoms with van der Waals surface area (Å²) in [5, 5.41) is 55.7. The van der Waals surface area contributed by atoms with Gasteiger partial charge in [0.15, 0.2) is 6.23 Å². The first-order valence-corrected chi connectivity index (χ1v) is 22.4. The highest BCUT2D eigenvalue weighted by Gasteiger charge is 2.48. The third-order valence-corrected chi connectivity index (χ3v) is 11.0. The molecule has 1 aliphatic rings. The molecule has 6 atom stereocenters. The van der Waals surface area contributed by atoms with E-state index in [1.807, 2.05) is 0 Å². The number of aliphatic hydroxyl groups excluding tert-OH is 4. The molecule has 1 fully saturated rings. The summed E-state index contributed by atoms with van der Waals surface area (Å²) in [5.41, 5.74) is 0. The molecule has 0 aliphatic carbocycles. The lowest BCUT2D eigenvalue weighted by Gasteiger charge is -2.47. The third kappa shape index (κ3) is 23.2. The molecule has 7 N–H and O–H groups in total. The lowest BCUT2D eigenvalue weighted by molar-refractivity contribution is -0.231. The first kappa shape index (κ1) is 51.7. The minimum Gasteiger partial charge on any atom is -0.481 e. The van der Waals surface area contributed by atoms with Crippen molar-refractivity contribution in [3.8, 4) is 0 Å². The number of hydrogen-bond acceptors (Lipinski definition) is 9. The number of nitrogens with one attached hydrogen (secondary N) is 2. The molecule has 0 unspecified atom stereocenters. The van der Waals surface area contributed by atoms with Crippen LogP contribution in [0.25, 0.3) is 0 Å². The molecule has 13 heteroatoms. The summed E-state index contributed by atoms with van der Waals surface area (Å²) in [7, 11) is 0. The van der Waals surface area contributed by atoms with Crippen molar-refractivity contribution in [2.24, 2.45) is 0 Å². The highest BCUT2D eigenvalue weighted by molar-refractivity contribution is 5.89. The van der Waals surface area contributed by atoms with Crippen molar-refractivity contribution in [3.05, 3.63) is 0 Å². The van der Waals surface area contributed by atoms with Crippen LogP contribution in [-0.4, -0.2) is 111 Å². The van der Waals surface area contributed by atoms with Crippen molar-refractivity contribution < 1.29 is 49.4 Å². The number of carbonyl (C=O) groups is 4. The maximum atomic E-state index is 13.9. The Bertz CT molecular complexity index is 1030. The van der Waals surface area contributed by atoms with E-state index in [-0.39, 0.29) is 18.9 Å². The number of rotatable bonds is 36. The number of carboxylic acid groups (broad SMARTS) is 1. The molecular formula is C43H81N3O10. The first-order chi connectivity index (χ1) is 27.1. The van der Waals surface area contributed by atoms with E-state index < -0.39 is 80.5 Å². The second kappa shape index (κ2) is 33.6. The SMILES string of the molecule is CCCCCCCCCCCCCCCCCC(=O)N(CCCCCCCCCCCC)[C@@H]1O[C@H](CO)[C@@H](O)[C@H](O)[C@@H]1NC(=O)[C@H](CO)NC(=O)CCC(=O)O. The predicted molar refractivity (Wildman–Crippen MR) is 219 cm³/mol. The molecule has 3 amide bonds. The molecule has 56 heavy (non-hydrogen) atoms. The van der Waals surface area contributed by atoms with Gasteiger partial charge >= 0.3 is 5.97 Å². The van der Waals surface area contributed by atoms with Gasteiger partial charge in [-0.3, -0.25) is 19.2 Å². The van der Waals surface area contributed by atoms with E-state index in [0.29, 0.717) is 12.8 Å². The van der Waals surface area contributed by atoms with Crippen LogP contribution < -0.4 is 10.6 Å². The Kier molecular flexibility index (Phi) is 31.0. The number of nitrogens with zero attached hydrogens (tertiary/aromatic N) is 1. The summed E-state index contributed by atoms with van der Waals surface area (Å²) in [6.45, 7) is 3.28. The van der Waals surface area contributed by atoms with Crippen LogP contribution in [0.15, 0.2) is 0 Å². The number of hydrogen-bond donors (Lipinski definition) is 7. The average Bonchev–Trinajstić information content (AvgIpc) is 3.18. The lowest BCUT2D eigenvalue weighted by atomic mass is 9.94. The highest BCUT2D eigenvalue weighted by Crippen LogP contribution is 2.26. The summed E-state index contributed by atoms with van der Waals surface area (Å²) in [5.74, 6) is -3.09. The Labute approximate surface area is 338 Å². The average molecular weight is 800 g/mol. The quantitative estimate of drug-likeness (QED) is 0.0354. The van der Waals surface area contributed by atoms with Gasteiger partial charge in [-0.15, -0.1) is 0 Å². The van der Waals surface area contributed by atoms with E-state index in [1.165, 1.54) is 108 Å². The Balaban J connectivity index is 2.86. The van der Waals surface area contributed by atoms with Gasteiger partial charge in [-0.05, 0) is 12.8 Å². The molecule has 328 valence electrons. The summed E-state index contributed by atoms with van der Waals surface area (Å²) in [4.78, 5) is 51.9. The van der Waals surface area contributed by atoms with Crippen molar-refractivity contribution in [2.45, 2.75) is 230 Å². The van der Waals surface area contributed by atoms with Gasteiger partial charge in [-0.2, -0.15) is 0 Å². The number of amides is 3. The number of unbranched alkanes of at least 4 members (excludes halogenated alkanes) is 23. The van der Waals surface area contributed by atoms with Crippen molar-refractivity contribution in [1.29, 1.82) is 0 Å².